The molecule has 0 N–H and O–H groups in total. The number of hydrogen-bond donors (Lipinski definition) is 0. The van der Waals surface area contributed by atoms with Gasteiger partial charge in [-0.2, -0.15) is 0 Å². The Morgan fingerprint density at radius 2 is 2.00 bits per heavy atom. The van der Waals surface area contributed by atoms with Gasteiger partial charge in [0.05, 0.1) is 11.7 Å². The van der Waals surface area contributed by atoms with Gasteiger partial charge >= 0.3 is 0 Å². The fraction of sp³-hybridized carbons (Fsp3) is 0.500. The number of nitrogens with zero attached hydrogens (tertiary/aromatic N) is 4. The third-order valence-electron chi connectivity index (χ3n) is 4.96. The topological polar surface area (TPSA) is 51.0 Å². The number of rotatable bonds is 5. The third kappa shape index (κ3) is 3.00. The van der Waals surface area contributed by atoms with Gasteiger partial charge in [0.25, 0.3) is 0 Å². The number of aromatic nitrogens is 3. The van der Waals surface area contributed by atoms with Crippen molar-refractivity contribution in [1.29, 1.82) is 0 Å². The zero-order valence-corrected chi connectivity index (χ0v) is 13.4. The first kappa shape index (κ1) is 14.4. The molecule has 1 aromatic heterocycles. The maximum absolute atomic E-state index is 12.4. The predicted molar refractivity (Wildman–Crippen MR) is 87.1 cm³/mol. The molecule has 1 unspecified atom stereocenters. The summed E-state index contributed by atoms with van der Waals surface area (Å²) in [6, 6.07) is 10.5. The number of benzene rings is 1. The summed E-state index contributed by atoms with van der Waals surface area (Å²) in [5.74, 6) is 1.13. The Morgan fingerprint density at radius 3 is 2.70 bits per heavy atom. The van der Waals surface area contributed by atoms with Crippen LogP contribution < -0.4 is 0 Å². The van der Waals surface area contributed by atoms with E-state index in [4.69, 9.17) is 0 Å². The Bertz CT molecular complexity index is 686. The average Bonchev–Trinajstić information content (AvgIpc) is 3.26. The highest BCUT2D eigenvalue weighted by Crippen LogP contribution is 2.39. The monoisotopic (exact) mass is 310 g/mol. The average molecular weight is 310 g/mol. The van der Waals surface area contributed by atoms with Gasteiger partial charge in [0.2, 0.25) is 5.91 Å². The maximum Gasteiger partial charge on any atom is 0.223 e. The molecule has 1 amide bonds. The summed E-state index contributed by atoms with van der Waals surface area (Å²) in [5.41, 5.74) is 2.34. The van der Waals surface area contributed by atoms with Crippen LogP contribution in [0.3, 0.4) is 0 Å². The lowest BCUT2D eigenvalue weighted by molar-refractivity contribution is -0.137. The van der Waals surface area contributed by atoms with E-state index in [1.165, 1.54) is 18.4 Å². The SMILES string of the molecule is CC(CC(=O)N1CC(n2cc(C3CC3)nn2)C1)c1ccccc1. The van der Waals surface area contributed by atoms with E-state index < -0.39 is 0 Å². The smallest absolute Gasteiger partial charge is 0.223 e. The van der Waals surface area contributed by atoms with Gasteiger partial charge in [-0.05, 0) is 24.3 Å². The van der Waals surface area contributed by atoms with Crippen LogP contribution in [0.1, 0.15) is 55.3 Å². The van der Waals surface area contributed by atoms with E-state index in [1.807, 2.05) is 27.8 Å². The maximum atomic E-state index is 12.4. The van der Waals surface area contributed by atoms with E-state index in [1.54, 1.807) is 0 Å². The molecule has 5 nitrogen and oxygen atoms in total. The molecule has 5 heteroatoms. The van der Waals surface area contributed by atoms with Gasteiger partial charge in [-0.15, -0.1) is 5.10 Å². The molecule has 1 aliphatic heterocycles. The molecule has 0 radical (unpaired) electrons. The van der Waals surface area contributed by atoms with Crippen LogP contribution >= 0.6 is 0 Å². The molecule has 1 saturated heterocycles. The second-order valence-corrected chi connectivity index (χ2v) is 6.87. The lowest BCUT2D eigenvalue weighted by Gasteiger charge is -2.39. The van der Waals surface area contributed by atoms with E-state index >= 15 is 0 Å². The third-order valence-corrected chi connectivity index (χ3v) is 4.96. The van der Waals surface area contributed by atoms with E-state index in [9.17, 15) is 4.79 Å². The highest BCUT2D eigenvalue weighted by molar-refractivity contribution is 5.78. The molecule has 1 aliphatic carbocycles. The molecule has 23 heavy (non-hydrogen) atoms. The van der Waals surface area contributed by atoms with Gasteiger partial charge in [0, 0.05) is 31.6 Å². The van der Waals surface area contributed by atoms with Crippen LogP contribution in [0.15, 0.2) is 36.5 Å². The van der Waals surface area contributed by atoms with E-state index in [0.717, 1.165) is 18.8 Å². The Hall–Kier alpha value is -2.17. The Kier molecular flexibility index (Phi) is 3.63. The van der Waals surface area contributed by atoms with Crippen LogP contribution in [0.4, 0.5) is 0 Å². The normalized spacial score (nSPS) is 19.4. The standard InChI is InChI=1S/C18H22N4O/c1-13(14-5-3-2-4-6-14)9-18(23)21-10-16(11-21)22-12-17(19-20-22)15-7-8-15/h2-6,12-13,15-16H,7-11H2,1H3. The molecule has 0 bridgehead atoms. The van der Waals surface area contributed by atoms with Gasteiger partial charge in [-0.25, -0.2) is 4.68 Å². The van der Waals surface area contributed by atoms with Gasteiger partial charge in [-0.3, -0.25) is 4.79 Å². The van der Waals surface area contributed by atoms with Crippen LogP contribution in [0, 0.1) is 0 Å². The van der Waals surface area contributed by atoms with Crippen LogP contribution in [0.25, 0.3) is 0 Å². The van der Waals surface area contributed by atoms with Crippen molar-refractivity contribution in [2.75, 3.05) is 13.1 Å². The Balaban J connectivity index is 1.29. The number of carbonyl (C=O) groups excluding carboxylic acids is 1. The predicted octanol–water partition coefficient (Wildman–Crippen LogP) is 2.73. The van der Waals surface area contributed by atoms with Crippen molar-refractivity contribution in [3.05, 3.63) is 47.8 Å². The molecule has 2 aromatic rings. The summed E-state index contributed by atoms with van der Waals surface area (Å²) in [6.45, 7) is 3.63. The number of hydrogen-bond acceptors (Lipinski definition) is 3. The minimum absolute atomic E-state index is 0.236. The fourth-order valence-electron chi connectivity index (χ4n) is 3.15. The van der Waals surface area contributed by atoms with Crippen molar-refractivity contribution in [2.24, 2.45) is 0 Å². The summed E-state index contributed by atoms with van der Waals surface area (Å²) < 4.78 is 1.94. The zero-order chi connectivity index (χ0) is 15.8. The van der Waals surface area contributed by atoms with Crippen LogP contribution in [0.5, 0.6) is 0 Å². The Morgan fingerprint density at radius 1 is 1.26 bits per heavy atom. The van der Waals surface area contributed by atoms with Crippen molar-refractivity contribution < 1.29 is 4.79 Å². The molecule has 1 saturated carbocycles. The second-order valence-electron chi connectivity index (χ2n) is 6.87. The lowest BCUT2D eigenvalue weighted by atomic mass is 9.96. The van der Waals surface area contributed by atoms with Crippen molar-refractivity contribution in [1.82, 2.24) is 19.9 Å². The molecule has 2 heterocycles. The van der Waals surface area contributed by atoms with Crippen molar-refractivity contribution in [3.8, 4) is 0 Å². The van der Waals surface area contributed by atoms with E-state index in [0.29, 0.717) is 18.4 Å². The van der Waals surface area contributed by atoms with Crippen molar-refractivity contribution in [3.63, 3.8) is 0 Å². The van der Waals surface area contributed by atoms with Crippen LogP contribution in [-0.2, 0) is 4.79 Å². The molecular weight excluding hydrogens is 288 g/mol. The molecule has 120 valence electrons. The van der Waals surface area contributed by atoms with Crippen LogP contribution in [-0.4, -0.2) is 38.9 Å². The number of likely N-dealkylation sites (tertiary alicyclic amines) is 1. The van der Waals surface area contributed by atoms with Gasteiger partial charge in [0.15, 0.2) is 0 Å². The molecule has 4 rings (SSSR count). The van der Waals surface area contributed by atoms with Gasteiger partial charge < -0.3 is 4.90 Å². The second kappa shape index (κ2) is 5.80. The first-order chi connectivity index (χ1) is 11.2. The van der Waals surface area contributed by atoms with Gasteiger partial charge in [0.1, 0.15) is 0 Å². The first-order valence-electron chi connectivity index (χ1n) is 8.45. The minimum Gasteiger partial charge on any atom is -0.338 e. The lowest BCUT2D eigenvalue weighted by Crippen LogP contribution is -2.51. The minimum atomic E-state index is 0.236. The summed E-state index contributed by atoms with van der Waals surface area (Å²) >= 11 is 0. The molecule has 2 fully saturated rings. The Labute approximate surface area is 136 Å². The highest BCUT2D eigenvalue weighted by atomic mass is 16.2. The summed E-state index contributed by atoms with van der Waals surface area (Å²) in [7, 11) is 0. The molecular formula is C18H22N4O. The van der Waals surface area contributed by atoms with Crippen LogP contribution in [0.2, 0.25) is 0 Å². The first-order valence-corrected chi connectivity index (χ1v) is 8.45. The van der Waals surface area contributed by atoms with E-state index in [-0.39, 0.29) is 11.8 Å². The molecule has 2 aliphatic rings. The van der Waals surface area contributed by atoms with Gasteiger partial charge in [-0.1, -0.05) is 42.5 Å². The molecule has 1 atom stereocenters. The number of carbonyl (C=O) groups is 1. The summed E-state index contributed by atoms with van der Waals surface area (Å²) in [6.07, 6.45) is 5.12. The highest BCUT2D eigenvalue weighted by Gasteiger charge is 2.34. The van der Waals surface area contributed by atoms with Crippen molar-refractivity contribution in [2.45, 2.75) is 44.1 Å². The zero-order valence-electron chi connectivity index (χ0n) is 13.4. The largest absolute Gasteiger partial charge is 0.338 e. The summed E-state index contributed by atoms with van der Waals surface area (Å²) in [5, 5.41) is 8.48. The molecule has 0 spiro atoms. The fourth-order valence-corrected chi connectivity index (χ4v) is 3.15. The van der Waals surface area contributed by atoms with E-state index in [2.05, 4.69) is 35.6 Å². The molecule has 1 aromatic carbocycles. The van der Waals surface area contributed by atoms with Crippen molar-refractivity contribution >= 4 is 5.91 Å². The summed E-state index contributed by atoms with van der Waals surface area (Å²) in [4.78, 5) is 14.3. The number of amides is 1. The quantitative estimate of drug-likeness (QED) is 0.853.